The molecule has 0 N–H and O–H groups in total. The summed E-state index contributed by atoms with van der Waals surface area (Å²) >= 11 is 0. The van der Waals surface area contributed by atoms with Crippen LogP contribution in [0, 0.1) is 5.92 Å². The van der Waals surface area contributed by atoms with Gasteiger partial charge in [-0.15, -0.1) is 0 Å². The van der Waals surface area contributed by atoms with Crippen molar-refractivity contribution < 1.29 is 9.26 Å². The van der Waals surface area contributed by atoms with Crippen molar-refractivity contribution in [1.29, 1.82) is 0 Å². The fraction of sp³-hybridized carbons (Fsp3) is 0.857. The Labute approximate surface area is 114 Å². The third-order valence-corrected chi connectivity index (χ3v) is 4.29. The van der Waals surface area contributed by atoms with Crippen LogP contribution in [0.2, 0.25) is 0 Å². The number of aromatic nitrogens is 2. The Hall–Kier alpha value is -0.940. The van der Waals surface area contributed by atoms with E-state index in [-0.39, 0.29) is 0 Å². The Bertz CT molecular complexity index is 397. The van der Waals surface area contributed by atoms with Gasteiger partial charge in [0.15, 0.2) is 5.82 Å². The molecule has 2 fully saturated rings. The van der Waals surface area contributed by atoms with Crippen LogP contribution in [0.1, 0.15) is 49.7 Å². The van der Waals surface area contributed by atoms with Gasteiger partial charge in [-0.05, 0) is 45.2 Å². The molecule has 0 aromatic carbocycles. The highest BCUT2D eigenvalue weighted by molar-refractivity contribution is 4.98. The van der Waals surface area contributed by atoms with Gasteiger partial charge in [-0.3, -0.25) is 4.90 Å². The van der Waals surface area contributed by atoms with Gasteiger partial charge in [0.2, 0.25) is 5.89 Å². The van der Waals surface area contributed by atoms with Crippen LogP contribution in [-0.4, -0.2) is 41.8 Å². The maximum absolute atomic E-state index is 5.40. The molecule has 0 spiro atoms. The van der Waals surface area contributed by atoms with E-state index in [2.05, 4.69) is 22.1 Å². The first-order valence-corrected chi connectivity index (χ1v) is 7.40. The molecule has 1 aliphatic carbocycles. The third-order valence-electron chi connectivity index (χ3n) is 4.29. The normalized spacial score (nSPS) is 24.0. The minimum absolute atomic E-state index is 0.530. The Kier molecular flexibility index (Phi) is 4.13. The fourth-order valence-corrected chi connectivity index (χ4v) is 2.69. The average molecular weight is 265 g/mol. The van der Waals surface area contributed by atoms with E-state index in [1.54, 1.807) is 0 Å². The van der Waals surface area contributed by atoms with Gasteiger partial charge in [0.1, 0.15) is 0 Å². The second-order valence-electron chi connectivity index (χ2n) is 5.93. The van der Waals surface area contributed by atoms with Crippen molar-refractivity contribution in [3.63, 3.8) is 0 Å². The van der Waals surface area contributed by atoms with E-state index < -0.39 is 0 Å². The molecule has 0 bridgehead atoms. The molecule has 1 aliphatic heterocycles. The molecule has 106 valence electrons. The molecule has 19 heavy (non-hydrogen) atoms. The van der Waals surface area contributed by atoms with Gasteiger partial charge in [0, 0.05) is 19.1 Å². The summed E-state index contributed by atoms with van der Waals surface area (Å²) in [5, 5.41) is 4.09. The van der Waals surface area contributed by atoms with Crippen molar-refractivity contribution in [3.05, 3.63) is 11.7 Å². The largest absolute Gasteiger partial charge is 0.381 e. The standard InChI is InChI=1S/C14H23N3O2/c1-17(7-5-11-6-8-18-10-11)9-13-15-14(19-16-13)12-3-2-4-12/h11-12H,2-10H2,1H3. The lowest BCUT2D eigenvalue weighted by Gasteiger charge is -2.20. The lowest BCUT2D eigenvalue weighted by Crippen LogP contribution is -2.22. The zero-order chi connectivity index (χ0) is 13.1. The van der Waals surface area contributed by atoms with Gasteiger partial charge in [0.25, 0.3) is 0 Å². The lowest BCUT2D eigenvalue weighted by molar-refractivity contribution is 0.179. The van der Waals surface area contributed by atoms with Crippen molar-refractivity contribution in [3.8, 4) is 0 Å². The highest BCUT2D eigenvalue weighted by Gasteiger charge is 2.25. The molecule has 2 heterocycles. The number of rotatable bonds is 6. The summed E-state index contributed by atoms with van der Waals surface area (Å²) in [7, 11) is 2.12. The van der Waals surface area contributed by atoms with Crippen LogP contribution in [0.5, 0.6) is 0 Å². The van der Waals surface area contributed by atoms with Crippen LogP contribution >= 0.6 is 0 Å². The van der Waals surface area contributed by atoms with E-state index in [9.17, 15) is 0 Å². The zero-order valence-corrected chi connectivity index (χ0v) is 11.7. The Balaban J connectivity index is 1.43. The predicted molar refractivity (Wildman–Crippen MR) is 70.8 cm³/mol. The van der Waals surface area contributed by atoms with Crippen molar-refractivity contribution in [2.45, 2.75) is 44.6 Å². The van der Waals surface area contributed by atoms with Crippen molar-refractivity contribution in [2.24, 2.45) is 5.92 Å². The van der Waals surface area contributed by atoms with Gasteiger partial charge >= 0.3 is 0 Å². The average Bonchev–Trinajstić information content (AvgIpc) is 2.96. The molecule has 0 radical (unpaired) electrons. The molecule has 2 aliphatic rings. The Morgan fingerprint density at radius 1 is 1.32 bits per heavy atom. The Morgan fingerprint density at radius 2 is 2.21 bits per heavy atom. The molecule has 1 aromatic heterocycles. The van der Waals surface area contributed by atoms with Gasteiger partial charge in [0.05, 0.1) is 6.54 Å². The summed E-state index contributed by atoms with van der Waals surface area (Å²) in [5.41, 5.74) is 0. The SMILES string of the molecule is CN(CCC1CCOC1)Cc1noc(C2CCC2)n1. The first kappa shape index (κ1) is 13.1. The second-order valence-corrected chi connectivity index (χ2v) is 5.93. The molecule has 1 saturated heterocycles. The van der Waals surface area contributed by atoms with Gasteiger partial charge in [-0.2, -0.15) is 4.98 Å². The second kappa shape index (κ2) is 6.01. The topological polar surface area (TPSA) is 51.4 Å². The maximum atomic E-state index is 5.40. The molecule has 1 saturated carbocycles. The summed E-state index contributed by atoms with van der Waals surface area (Å²) in [6, 6.07) is 0. The molecular weight excluding hydrogens is 242 g/mol. The fourth-order valence-electron chi connectivity index (χ4n) is 2.69. The van der Waals surface area contributed by atoms with Gasteiger partial charge in [-0.1, -0.05) is 11.6 Å². The summed E-state index contributed by atoms with van der Waals surface area (Å²) in [6.45, 7) is 3.72. The first-order valence-electron chi connectivity index (χ1n) is 7.40. The smallest absolute Gasteiger partial charge is 0.229 e. The molecule has 5 heteroatoms. The van der Waals surface area contributed by atoms with Crippen LogP contribution in [0.15, 0.2) is 4.52 Å². The number of nitrogens with zero attached hydrogens (tertiary/aromatic N) is 3. The van der Waals surface area contributed by atoms with Crippen LogP contribution in [0.25, 0.3) is 0 Å². The molecule has 1 unspecified atom stereocenters. The van der Waals surface area contributed by atoms with E-state index in [0.717, 1.165) is 43.9 Å². The maximum Gasteiger partial charge on any atom is 0.229 e. The zero-order valence-electron chi connectivity index (χ0n) is 11.7. The molecular formula is C14H23N3O2. The predicted octanol–water partition coefficient (Wildman–Crippen LogP) is 2.20. The summed E-state index contributed by atoms with van der Waals surface area (Å²) in [5.74, 6) is 2.94. The molecule has 5 nitrogen and oxygen atoms in total. The lowest BCUT2D eigenvalue weighted by atomic mass is 9.85. The van der Waals surface area contributed by atoms with Gasteiger partial charge < -0.3 is 9.26 Å². The molecule has 1 aromatic rings. The van der Waals surface area contributed by atoms with Crippen LogP contribution in [-0.2, 0) is 11.3 Å². The van der Waals surface area contributed by atoms with E-state index in [1.165, 1.54) is 32.1 Å². The minimum Gasteiger partial charge on any atom is -0.381 e. The summed E-state index contributed by atoms with van der Waals surface area (Å²) in [6.07, 6.45) is 6.12. The summed E-state index contributed by atoms with van der Waals surface area (Å²) < 4.78 is 10.7. The van der Waals surface area contributed by atoms with E-state index in [1.807, 2.05) is 0 Å². The number of ether oxygens (including phenoxy) is 1. The number of hydrogen-bond donors (Lipinski definition) is 0. The molecule has 3 rings (SSSR count). The van der Waals surface area contributed by atoms with E-state index in [0.29, 0.717) is 5.92 Å². The molecule has 1 atom stereocenters. The van der Waals surface area contributed by atoms with E-state index in [4.69, 9.17) is 9.26 Å². The quantitative estimate of drug-likeness (QED) is 0.789. The third kappa shape index (κ3) is 3.34. The summed E-state index contributed by atoms with van der Waals surface area (Å²) in [4.78, 5) is 6.78. The van der Waals surface area contributed by atoms with Crippen LogP contribution in [0.3, 0.4) is 0 Å². The van der Waals surface area contributed by atoms with Crippen molar-refractivity contribution >= 4 is 0 Å². The minimum atomic E-state index is 0.530. The molecule has 0 amide bonds. The highest BCUT2D eigenvalue weighted by Crippen LogP contribution is 2.35. The van der Waals surface area contributed by atoms with Gasteiger partial charge in [-0.25, -0.2) is 0 Å². The van der Waals surface area contributed by atoms with Crippen molar-refractivity contribution in [2.75, 3.05) is 26.8 Å². The first-order chi connectivity index (χ1) is 9.31. The van der Waals surface area contributed by atoms with Crippen molar-refractivity contribution in [1.82, 2.24) is 15.0 Å². The number of hydrogen-bond acceptors (Lipinski definition) is 5. The monoisotopic (exact) mass is 265 g/mol. The van der Waals surface area contributed by atoms with E-state index >= 15 is 0 Å². The Morgan fingerprint density at radius 3 is 2.89 bits per heavy atom. The van der Waals surface area contributed by atoms with Crippen LogP contribution in [0.4, 0.5) is 0 Å². The highest BCUT2D eigenvalue weighted by atomic mass is 16.5. The van der Waals surface area contributed by atoms with Crippen LogP contribution < -0.4 is 0 Å².